The van der Waals surface area contributed by atoms with Crippen molar-refractivity contribution in [2.24, 2.45) is 0 Å². The van der Waals surface area contributed by atoms with Crippen molar-refractivity contribution in [3.63, 3.8) is 0 Å². The number of benzene rings is 1. The third-order valence-corrected chi connectivity index (χ3v) is 7.32. The molecule has 0 saturated carbocycles. The Labute approximate surface area is 225 Å². The van der Waals surface area contributed by atoms with Gasteiger partial charge in [-0.05, 0) is 46.5 Å². The summed E-state index contributed by atoms with van der Waals surface area (Å²) in [6.45, 7) is 26.7. The molecule has 0 aliphatic rings. The molecule has 0 aromatic heterocycles. The smallest absolute Gasteiger partial charge is 0.104 e. The molecule has 1 aromatic carbocycles. The minimum Gasteiger partial charge on any atom is -1.00 e. The molecule has 0 bridgehead atoms. The van der Waals surface area contributed by atoms with Crippen LogP contribution in [-0.2, 0) is 6.54 Å². The van der Waals surface area contributed by atoms with E-state index in [0.717, 1.165) is 0 Å². The lowest BCUT2D eigenvalue weighted by Crippen LogP contribution is -3.00. The van der Waals surface area contributed by atoms with E-state index in [9.17, 15) is 0 Å². The van der Waals surface area contributed by atoms with E-state index in [0.29, 0.717) is 0 Å². The van der Waals surface area contributed by atoms with Crippen LogP contribution in [0.2, 0.25) is 0 Å². The van der Waals surface area contributed by atoms with E-state index in [4.69, 9.17) is 0 Å². The molecule has 198 valence electrons. The lowest BCUT2D eigenvalue weighted by Gasteiger charge is -2.39. The van der Waals surface area contributed by atoms with Gasteiger partial charge in [-0.3, -0.25) is 0 Å². The van der Waals surface area contributed by atoms with Crippen LogP contribution in [0.1, 0.15) is 105 Å². The number of unbranched alkanes of at least 4 members (excludes halogenated alkanes) is 4. The van der Waals surface area contributed by atoms with Crippen molar-refractivity contribution in [3.8, 4) is 0 Å². The van der Waals surface area contributed by atoms with Gasteiger partial charge in [0.25, 0.3) is 0 Å². The maximum Gasteiger partial charge on any atom is 0.104 e. The standard InChI is InChI=1S/C16H36N.C13H22N.BrH.ClH/c1-5-9-13-17(14-10-6-2,15-11-7-3)16-12-8-4;1-4-14(5-2,6-3)12-13-10-8-7-9-11-13;;/h5-16H2,1-4H3;7-11H,4-6,12H2,1-3H3;2*1H/q2*+1;;/p-2. The Hall–Kier alpha value is -0.0900. The number of halogens is 2. The Bertz CT molecular complexity index is 460. The van der Waals surface area contributed by atoms with Gasteiger partial charge in [-0.25, -0.2) is 0 Å². The molecule has 2 nitrogen and oxygen atoms in total. The van der Waals surface area contributed by atoms with Crippen LogP contribution in [-0.4, -0.2) is 54.8 Å². The Morgan fingerprint density at radius 2 is 0.848 bits per heavy atom. The van der Waals surface area contributed by atoms with Crippen molar-refractivity contribution in [3.05, 3.63) is 35.9 Å². The molecule has 0 spiro atoms. The highest BCUT2D eigenvalue weighted by Crippen LogP contribution is 2.16. The van der Waals surface area contributed by atoms with Crippen LogP contribution >= 0.6 is 0 Å². The summed E-state index contributed by atoms with van der Waals surface area (Å²) < 4.78 is 2.62. The van der Waals surface area contributed by atoms with Crippen molar-refractivity contribution in [1.29, 1.82) is 0 Å². The molecule has 0 aliphatic heterocycles. The Morgan fingerprint density at radius 3 is 1.12 bits per heavy atom. The fraction of sp³-hybridized carbons (Fsp3) is 0.793. The number of hydrogen-bond acceptors (Lipinski definition) is 0. The van der Waals surface area contributed by atoms with Gasteiger partial charge in [-0.15, -0.1) is 0 Å². The molecule has 0 atom stereocenters. The first kappa shape index (κ1) is 37.5. The van der Waals surface area contributed by atoms with Gasteiger partial charge in [-0.2, -0.15) is 0 Å². The molecule has 0 unspecified atom stereocenters. The van der Waals surface area contributed by atoms with Gasteiger partial charge in [0, 0.05) is 5.56 Å². The molecular weight excluding hydrogens is 492 g/mol. The number of rotatable bonds is 17. The van der Waals surface area contributed by atoms with E-state index in [1.165, 1.54) is 118 Å². The molecule has 0 N–H and O–H groups in total. The first-order chi connectivity index (χ1) is 15.0. The summed E-state index contributed by atoms with van der Waals surface area (Å²) in [4.78, 5) is 0. The van der Waals surface area contributed by atoms with Crippen LogP contribution in [0.25, 0.3) is 0 Å². The quantitative estimate of drug-likeness (QED) is 0.261. The van der Waals surface area contributed by atoms with Gasteiger partial charge in [0.15, 0.2) is 0 Å². The number of quaternary nitrogens is 2. The van der Waals surface area contributed by atoms with Crippen LogP contribution in [0.3, 0.4) is 0 Å². The summed E-state index contributed by atoms with van der Waals surface area (Å²) in [7, 11) is 0. The van der Waals surface area contributed by atoms with Crippen molar-refractivity contribution >= 4 is 0 Å². The van der Waals surface area contributed by atoms with E-state index in [-0.39, 0.29) is 29.4 Å². The predicted octanol–water partition coefficient (Wildman–Crippen LogP) is 2.07. The zero-order chi connectivity index (χ0) is 23.4. The summed E-state index contributed by atoms with van der Waals surface area (Å²) in [6, 6.07) is 10.8. The first-order valence-corrected chi connectivity index (χ1v) is 13.7. The molecule has 4 heteroatoms. The van der Waals surface area contributed by atoms with Crippen molar-refractivity contribution in [2.75, 3.05) is 45.8 Å². The molecule has 0 saturated heterocycles. The highest BCUT2D eigenvalue weighted by atomic mass is 79.9. The van der Waals surface area contributed by atoms with Crippen LogP contribution in [0.5, 0.6) is 0 Å². The number of hydrogen-bond donors (Lipinski definition) is 0. The average molecular weight is 550 g/mol. The summed E-state index contributed by atoms with van der Waals surface area (Å²) in [6.07, 6.45) is 11.1. The highest BCUT2D eigenvalue weighted by Gasteiger charge is 2.24. The second-order valence-electron chi connectivity index (χ2n) is 9.58. The van der Waals surface area contributed by atoms with Crippen LogP contribution in [0.15, 0.2) is 30.3 Å². The molecule has 0 heterocycles. The van der Waals surface area contributed by atoms with Crippen molar-refractivity contribution in [2.45, 2.75) is 106 Å². The molecule has 0 fully saturated rings. The molecule has 1 rings (SSSR count). The molecule has 1 aromatic rings. The monoisotopic (exact) mass is 548 g/mol. The van der Waals surface area contributed by atoms with Crippen molar-refractivity contribution in [1.82, 2.24) is 0 Å². The van der Waals surface area contributed by atoms with Gasteiger partial charge in [-0.1, -0.05) is 83.7 Å². The fourth-order valence-corrected chi connectivity index (χ4v) is 4.62. The van der Waals surface area contributed by atoms with Gasteiger partial charge in [0.05, 0.1) is 45.8 Å². The number of nitrogens with zero attached hydrogens (tertiary/aromatic N) is 2. The average Bonchev–Trinajstić information content (AvgIpc) is 2.83. The SMILES string of the molecule is CCCC[N+](CCCC)(CCCC)CCCC.CC[N+](CC)(CC)Cc1ccccc1.[Br-].[Cl-]. The van der Waals surface area contributed by atoms with E-state index < -0.39 is 0 Å². The van der Waals surface area contributed by atoms with Gasteiger partial charge < -0.3 is 38.4 Å². The summed E-state index contributed by atoms with van der Waals surface area (Å²) >= 11 is 0. The second-order valence-corrected chi connectivity index (χ2v) is 9.58. The fourth-order valence-electron chi connectivity index (χ4n) is 4.62. The van der Waals surface area contributed by atoms with Crippen molar-refractivity contribution < 1.29 is 38.4 Å². The molecule has 33 heavy (non-hydrogen) atoms. The third-order valence-electron chi connectivity index (χ3n) is 7.32. The van der Waals surface area contributed by atoms with Gasteiger partial charge >= 0.3 is 0 Å². The zero-order valence-corrected chi connectivity index (χ0v) is 25.7. The normalized spacial score (nSPS) is 11.1. The highest BCUT2D eigenvalue weighted by molar-refractivity contribution is 5.13. The Balaban J connectivity index is -0.000000521. The van der Waals surface area contributed by atoms with Crippen LogP contribution < -0.4 is 29.4 Å². The Kier molecular flexibility index (Phi) is 26.8. The second kappa shape index (κ2) is 23.6. The first-order valence-electron chi connectivity index (χ1n) is 13.7. The largest absolute Gasteiger partial charge is 1.00 e. The molecule has 0 radical (unpaired) electrons. The minimum atomic E-state index is 0. The predicted molar refractivity (Wildman–Crippen MR) is 141 cm³/mol. The summed E-state index contributed by atoms with van der Waals surface area (Å²) in [5.41, 5.74) is 1.46. The van der Waals surface area contributed by atoms with Crippen LogP contribution in [0.4, 0.5) is 0 Å². The van der Waals surface area contributed by atoms with E-state index in [1.807, 2.05) is 0 Å². The third kappa shape index (κ3) is 16.3. The van der Waals surface area contributed by atoms with Crippen LogP contribution in [0, 0.1) is 0 Å². The Morgan fingerprint density at radius 1 is 0.515 bits per heavy atom. The molecule has 0 aliphatic carbocycles. The topological polar surface area (TPSA) is 0 Å². The lowest BCUT2D eigenvalue weighted by molar-refractivity contribution is -0.936. The maximum absolute atomic E-state index is 2.33. The molecular formula is C29H58BrClN2. The summed E-state index contributed by atoms with van der Waals surface area (Å²) in [5, 5.41) is 0. The van der Waals surface area contributed by atoms with Gasteiger partial charge in [0.1, 0.15) is 6.54 Å². The maximum atomic E-state index is 2.33. The lowest BCUT2D eigenvalue weighted by atomic mass is 10.1. The van der Waals surface area contributed by atoms with E-state index in [2.05, 4.69) is 78.8 Å². The summed E-state index contributed by atoms with van der Waals surface area (Å²) in [5.74, 6) is 0. The van der Waals surface area contributed by atoms with Gasteiger partial charge in [0.2, 0.25) is 0 Å². The molecule has 0 amide bonds. The van der Waals surface area contributed by atoms with E-state index >= 15 is 0 Å². The minimum absolute atomic E-state index is 0. The van der Waals surface area contributed by atoms with E-state index in [1.54, 1.807) is 0 Å². The zero-order valence-electron chi connectivity index (χ0n) is 23.4.